The van der Waals surface area contributed by atoms with Crippen LogP contribution in [-0.4, -0.2) is 37.1 Å². The molecule has 0 atom stereocenters. The van der Waals surface area contributed by atoms with Gasteiger partial charge in [-0.15, -0.1) is 0 Å². The molecule has 0 aromatic heterocycles. The molecule has 1 N–H and O–H groups in total. The highest BCUT2D eigenvalue weighted by molar-refractivity contribution is 5.72. The summed E-state index contributed by atoms with van der Waals surface area (Å²) in [6.07, 6.45) is 2.65. The van der Waals surface area contributed by atoms with Crippen LogP contribution >= 0.6 is 0 Å². The lowest BCUT2D eigenvalue weighted by atomic mass is 10.0. The highest BCUT2D eigenvalue weighted by atomic mass is 16.5. The molecule has 138 valence electrons. The minimum absolute atomic E-state index is 0.188. The van der Waals surface area contributed by atoms with E-state index in [-0.39, 0.29) is 5.97 Å². The van der Waals surface area contributed by atoms with Crippen LogP contribution in [0, 0.1) is 0 Å². The van der Waals surface area contributed by atoms with Gasteiger partial charge in [0.1, 0.15) is 0 Å². The fourth-order valence-electron chi connectivity index (χ4n) is 3.52. The van der Waals surface area contributed by atoms with Crippen molar-refractivity contribution in [2.75, 3.05) is 20.2 Å². The molecule has 1 heterocycles. The van der Waals surface area contributed by atoms with Crippen LogP contribution in [0.3, 0.4) is 0 Å². The smallest absolute Gasteiger partial charge is 0.309 e. The fraction of sp³-hybridized carbons (Fsp3) is 0.409. The highest BCUT2D eigenvalue weighted by Crippen LogP contribution is 2.16. The van der Waals surface area contributed by atoms with E-state index in [1.54, 1.807) is 0 Å². The standard InChI is InChI=1S/C22H28N2O2/c1-26-22(25)15-19-9-5-6-10-20(19)16-23-21-11-13-24(14-12-21)17-18-7-3-2-4-8-18/h2-10,21,23H,11-17H2,1H3. The normalized spacial score (nSPS) is 15.7. The molecule has 2 aromatic rings. The van der Waals surface area contributed by atoms with E-state index >= 15 is 0 Å². The number of rotatable bonds is 7. The van der Waals surface area contributed by atoms with E-state index < -0.39 is 0 Å². The molecule has 1 aliphatic heterocycles. The maximum Gasteiger partial charge on any atom is 0.309 e. The Kier molecular flexibility index (Phi) is 6.81. The lowest BCUT2D eigenvalue weighted by Crippen LogP contribution is -2.42. The van der Waals surface area contributed by atoms with Crippen molar-refractivity contribution in [1.29, 1.82) is 0 Å². The second-order valence-corrected chi connectivity index (χ2v) is 6.94. The van der Waals surface area contributed by atoms with Crippen LogP contribution in [0.2, 0.25) is 0 Å². The molecule has 1 fully saturated rings. The SMILES string of the molecule is COC(=O)Cc1ccccc1CNC1CCN(Cc2ccccc2)CC1. The Balaban J connectivity index is 1.46. The summed E-state index contributed by atoms with van der Waals surface area (Å²) in [5.74, 6) is -0.188. The highest BCUT2D eigenvalue weighted by Gasteiger charge is 2.19. The molecule has 1 aliphatic rings. The number of hydrogen-bond donors (Lipinski definition) is 1. The van der Waals surface area contributed by atoms with Crippen LogP contribution < -0.4 is 5.32 Å². The number of methoxy groups -OCH3 is 1. The summed E-state index contributed by atoms with van der Waals surface area (Å²) in [5.41, 5.74) is 3.62. The van der Waals surface area contributed by atoms with E-state index in [1.807, 2.05) is 18.2 Å². The van der Waals surface area contributed by atoms with E-state index in [0.717, 1.165) is 44.6 Å². The molecule has 3 rings (SSSR count). The minimum atomic E-state index is -0.188. The van der Waals surface area contributed by atoms with E-state index in [1.165, 1.54) is 18.2 Å². The van der Waals surface area contributed by atoms with Gasteiger partial charge in [-0.05, 0) is 42.6 Å². The van der Waals surface area contributed by atoms with E-state index in [0.29, 0.717) is 12.5 Å². The summed E-state index contributed by atoms with van der Waals surface area (Å²) in [5, 5.41) is 3.68. The van der Waals surface area contributed by atoms with Gasteiger partial charge in [0.25, 0.3) is 0 Å². The number of nitrogens with zero attached hydrogens (tertiary/aromatic N) is 1. The van der Waals surface area contributed by atoms with Gasteiger partial charge in [-0.1, -0.05) is 54.6 Å². The van der Waals surface area contributed by atoms with Crippen molar-refractivity contribution >= 4 is 5.97 Å². The average Bonchev–Trinajstić information content (AvgIpc) is 2.69. The van der Waals surface area contributed by atoms with Crippen molar-refractivity contribution in [2.45, 2.75) is 38.4 Å². The van der Waals surface area contributed by atoms with Crippen LogP contribution in [0.15, 0.2) is 54.6 Å². The van der Waals surface area contributed by atoms with Gasteiger partial charge in [0, 0.05) is 19.1 Å². The van der Waals surface area contributed by atoms with Gasteiger partial charge in [0.05, 0.1) is 13.5 Å². The number of piperidine rings is 1. The van der Waals surface area contributed by atoms with Crippen molar-refractivity contribution in [3.63, 3.8) is 0 Å². The maximum atomic E-state index is 11.6. The van der Waals surface area contributed by atoms with E-state index in [2.05, 4.69) is 46.6 Å². The van der Waals surface area contributed by atoms with Crippen LogP contribution in [0.25, 0.3) is 0 Å². The monoisotopic (exact) mass is 352 g/mol. The lowest BCUT2D eigenvalue weighted by molar-refractivity contribution is -0.139. The van der Waals surface area contributed by atoms with Crippen LogP contribution in [-0.2, 0) is 29.0 Å². The molecular formula is C22H28N2O2. The third kappa shape index (κ3) is 5.41. The Morgan fingerprint density at radius 1 is 1.04 bits per heavy atom. The number of esters is 1. The van der Waals surface area contributed by atoms with Gasteiger partial charge in [-0.25, -0.2) is 0 Å². The second-order valence-electron chi connectivity index (χ2n) is 6.94. The van der Waals surface area contributed by atoms with Crippen molar-refractivity contribution in [2.24, 2.45) is 0 Å². The molecule has 0 unspecified atom stereocenters. The molecule has 0 spiro atoms. The molecule has 0 aliphatic carbocycles. The van der Waals surface area contributed by atoms with Gasteiger partial charge < -0.3 is 10.1 Å². The van der Waals surface area contributed by atoms with Crippen molar-refractivity contribution in [3.05, 3.63) is 71.3 Å². The zero-order valence-electron chi connectivity index (χ0n) is 15.5. The number of carbonyl (C=O) groups excluding carboxylic acids is 1. The molecular weight excluding hydrogens is 324 g/mol. The largest absolute Gasteiger partial charge is 0.469 e. The zero-order valence-corrected chi connectivity index (χ0v) is 15.5. The summed E-state index contributed by atoms with van der Waals surface area (Å²) >= 11 is 0. The van der Waals surface area contributed by atoms with Crippen LogP contribution in [0.5, 0.6) is 0 Å². The third-order valence-electron chi connectivity index (χ3n) is 5.10. The summed E-state index contributed by atoms with van der Waals surface area (Å²) in [4.78, 5) is 14.1. The van der Waals surface area contributed by atoms with Crippen molar-refractivity contribution in [1.82, 2.24) is 10.2 Å². The number of nitrogens with one attached hydrogen (secondary N) is 1. The Morgan fingerprint density at radius 3 is 2.38 bits per heavy atom. The molecule has 4 heteroatoms. The van der Waals surface area contributed by atoms with E-state index in [9.17, 15) is 4.79 Å². The quantitative estimate of drug-likeness (QED) is 0.777. The van der Waals surface area contributed by atoms with Gasteiger partial charge in [0.2, 0.25) is 0 Å². The second kappa shape index (κ2) is 9.51. The molecule has 26 heavy (non-hydrogen) atoms. The van der Waals surface area contributed by atoms with Crippen molar-refractivity contribution in [3.8, 4) is 0 Å². The molecule has 1 saturated heterocycles. The third-order valence-corrected chi connectivity index (χ3v) is 5.10. The molecule has 2 aromatic carbocycles. The first kappa shape index (κ1) is 18.6. The van der Waals surface area contributed by atoms with Gasteiger partial charge in [-0.3, -0.25) is 9.69 Å². The molecule has 4 nitrogen and oxygen atoms in total. The Hall–Kier alpha value is -2.17. The van der Waals surface area contributed by atoms with Crippen LogP contribution in [0.4, 0.5) is 0 Å². The average molecular weight is 352 g/mol. The summed E-state index contributed by atoms with van der Waals surface area (Å²) in [6.45, 7) is 4.08. The zero-order chi connectivity index (χ0) is 18.2. The summed E-state index contributed by atoms with van der Waals surface area (Å²) in [7, 11) is 1.44. The minimum Gasteiger partial charge on any atom is -0.469 e. The number of hydrogen-bond acceptors (Lipinski definition) is 4. The number of carbonyl (C=O) groups is 1. The predicted octanol–water partition coefficient (Wildman–Crippen LogP) is 3.16. The van der Waals surface area contributed by atoms with Crippen molar-refractivity contribution < 1.29 is 9.53 Å². The van der Waals surface area contributed by atoms with Gasteiger partial charge >= 0.3 is 5.97 Å². The molecule has 0 bridgehead atoms. The summed E-state index contributed by atoms with van der Waals surface area (Å²) < 4.78 is 4.80. The Bertz CT molecular complexity index is 694. The molecule has 0 saturated carbocycles. The first-order valence-electron chi connectivity index (χ1n) is 9.38. The first-order chi connectivity index (χ1) is 12.7. The summed E-state index contributed by atoms with van der Waals surface area (Å²) in [6, 6.07) is 19.3. The topological polar surface area (TPSA) is 41.6 Å². The van der Waals surface area contributed by atoms with E-state index in [4.69, 9.17) is 4.74 Å². The molecule has 0 amide bonds. The number of likely N-dealkylation sites (tertiary alicyclic amines) is 1. The van der Waals surface area contributed by atoms with Gasteiger partial charge in [0.15, 0.2) is 0 Å². The first-order valence-corrected chi connectivity index (χ1v) is 9.38. The molecule has 0 radical (unpaired) electrons. The maximum absolute atomic E-state index is 11.6. The predicted molar refractivity (Wildman–Crippen MR) is 104 cm³/mol. The Morgan fingerprint density at radius 2 is 1.69 bits per heavy atom. The fourth-order valence-corrected chi connectivity index (χ4v) is 3.52. The number of ether oxygens (including phenoxy) is 1. The Labute approximate surface area is 156 Å². The number of benzene rings is 2. The lowest BCUT2D eigenvalue weighted by Gasteiger charge is -2.32. The van der Waals surface area contributed by atoms with Crippen LogP contribution in [0.1, 0.15) is 29.5 Å². The van der Waals surface area contributed by atoms with Gasteiger partial charge in [-0.2, -0.15) is 0 Å².